The van der Waals surface area contributed by atoms with E-state index in [-0.39, 0.29) is 5.75 Å². The maximum atomic E-state index is 12.3. The van der Waals surface area contributed by atoms with Gasteiger partial charge in [0.05, 0.1) is 0 Å². The number of hydrogen-bond donors (Lipinski definition) is 0. The van der Waals surface area contributed by atoms with Gasteiger partial charge in [-0.1, -0.05) is 30.5 Å². The van der Waals surface area contributed by atoms with Gasteiger partial charge in [0.25, 0.3) is 0 Å². The van der Waals surface area contributed by atoms with Crippen molar-refractivity contribution in [1.82, 2.24) is 4.90 Å². The van der Waals surface area contributed by atoms with Gasteiger partial charge in [0.1, 0.15) is 17.3 Å². The van der Waals surface area contributed by atoms with Crippen LogP contribution in [0.3, 0.4) is 0 Å². The van der Waals surface area contributed by atoms with E-state index < -0.39 is 6.36 Å². The Morgan fingerprint density at radius 1 is 1.20 bits per heavy atom. The van der Waals surface area contributed by atoms with Crippen LogP contribution in [0.4, 0.5) is 13.2 Å². The molecule has 1 saturated heterocycles. The van der Waals surface area contributed by atoms with Crippen molar-refractivity contribution in [2.24, 2.45) is 17.8 Å². The number of hydrogen-bond acceptors (Lipinski definition) is 3. The molecule has 7 heteroatoms. The maximum absolute atomic E-state index is 12.3. The number of halogens is 3. The third-order valence-electron chi connectivity index (χ3n) is 6.34. The molecule has 2 aromatic rings. The summed E-state index contributed by atoms with van der Waals surface area (Å²) >= 11 is 0. The topological polar surface area (TPSA) is 39.7 Å². The smallest absolute Gasteiger partial charge is 0.573 e. The van der Waals surface area contributed by atoms with E-state index >= 15 is 0 Å². The fourth-order valence-electron chi connectivity index (χ4n) is 4.61. The molecule has 0 bridgehead atoms. The van der Waals surface area contributed by atoms with E-state index in [0.29, 0.717) is 18.4 Å². The first-order valence-electron chi connectivity index (χ1n) is 10.5. The van der Waals surface area contributed by atoms with Crippen LogP contribution >= 0.6 is 0 Å². The largest absolute Gasteiger partial charge is 0.658 e. The normalized spacial score (nSPS) is 24.6. The zero-order valence-electron chi connectivity index (χ0n) is 17.4. The first-order chi connectivity index (χ1) is 14.3. The van der Waals surface area contributed by atoms with Gasteiger partial charge in [-0.15, -0.1) is 26.3 Å². The molecule has 2 fully saturated rings. The van der Waals surface area contributed by atoms with Crippen molar-refractivity contribution in [1.29, 1.82) is 0 Å². The Hall–Kier alpha value is -1.99. The molecule has 0 amide bonds. The lowest BCUT2D eigenvalue weighted by atomic mass is 10.0. The first-order valence-corrected chi connectivity index (χ1v) is 10.5. The molecule has 3 unspecified atom stereocenters. The highest BCUT2D eigenvalue weighted by Crippen LogP contribution is 2.52. The summed E-state index contributed by atoms with van der Waals surface area (Å²) in [6.07, 6.45) is -3.57. The molecule has 0 radical (unpaired) electrons. The molecule has 1 saturated carbocycles. The van der Waals surface area contributed by atoms with Crippen molar-refractivity contribution < 1.29 is 22.3 Å². The number of benzene rings is 1. The van der Waals surface area contributed by atoms with Gasteiger partial charge in [-0.2, -0.15) is 0 Å². The van der Waals surface area contributed by atoms with Gasteiger partial charge < -0.3 is 19.4 Å². The second-order valence-corrected chi connectivity index (χ2v) is 8.65. The van der Waals surface area contributed by atoms with E-state index in [0.717, 1.165) is 61.5 Å². The highest BCUT2D eigenvalue weighted by atomic mass is 19.4. The minimum atomic E-state index is -4.66. The van der Waals surface area contributed by atoms with Crippen LogP contribution in [-0.2, 0) is 6.54 Å². The van der Waals surface area contributed by atoms with Crippen LogP contribution in [-0.4, -0.2) is 37.4 Å². The number of nitrogens with zero attached hydrogens (tertiary/aromatic N) is 2. The van der Waals surface area contributed by atoms with Crippen LogP contribution < -0.4 is 4.74 Å². The van der Waals surface area contributed by atoms with E-state index in [1.54, 1.807) is 12.1 Å². The van der Waals surface area contributed by atoms with Crippen molar-refractivity contribution in [3.8, 4) is 5.75 Å². The maximum Gasteiger partial charge on any atom is 0.573 e. The van der Waals surface area contributed by atoms with Crippen molar-refractivity contribution in [3.05, 3.63) is 58.8 Å². The summed E-state index contributed by atoms with van der Waals surface area (Å²) in [6, 6.07) is 10.2. The summed E-state index contributed by atoms with van der Waals surface area (Å²) in [5, 5.41) is 4.60. The minimum Gasteiger partial charge on any atom is -0.658 e. The molecule has 2 heterocycles. The predicted octanol–water partition coefficient (Wildman–Crippen LogP) is 5.73. The lowest BCUT2D eigenvalue weighted by Gasteiger charge is -2.24. The SMILES string of the molecule is Cc1ccc(C(C)CCN2CC3C(C[N-]Cc4cccc(OC(F)(F)F)c4)C3C2)o1. The van der Waals surface area contributed by atoms with Crippen LogP contribution in [0.2, 0.25) is 0 Å². The summed E-state index contributed by atoms with van der Waals surface area (Å²) in [4.78, 5) is 2.54. The Morgan fingerprint density at radius 2 is 1.97 bits per heavy atom. The Kier molecular flexibility index (Phi) is 6.11. The number of piperidine rings is 1. The summed E-state index contributed by atoms with van der Waals surface area (Å²) in [6.45, 7) is 8.75. The molecule has 0 spiro atoms. The lowest BCUT2D eigenvalue weighted by molar-refractivity contribution is -0.274. The molecule has 0 N–H and O–H groups in total. The molecule has 4 rings (SSSR count). The molecule has 1 aliphatic carbocycles. The molecule has 1 aromatic heterocycles. The van der Waals surface area contributed by atoms with E-state index in [4.69, 9.17) is 4.42 Å². The van der Waals surface area contributed by atoms with Gasteiger partial charge in [-0.25, -0.2) is 0 Å². The Morgan fingerprint density at radius 3 is 2.63 bits per heavy atom. The minimum absolute atomic E-state index is 0.187. The molecule has 2 aliphatic rings. The van der Waals surface area contributed by atoms with Crippen LogP contribution in [0.15, 0.2) is 40.8 Å². The molecule has 164 valence electrons. The average molecular weight is 421 g/mol. The molecule has 3 atom stereocenters. The first kappa shape index (κ1) is 21.2. The Bertz CT molecular complexity index is 839. The number of furan rings is 1. The molecule has 1 aliphatic heterocycles. The quantitative estimate of drug-likeness (QED) is 0.519. The summed E-state index contributed by atoms with van der Waals surface area (Å²) in [7, 11) is 0. The van der Waals surface area contributed by atoms with Gasteiger partial charge in [-0.3, -0.25) is 0 Å². The number of alkyl halides is 3. The summed E-state index contributed by atoms with van der Waals surface area (Å²) in [5.74, 6) is 4.33. The summed E-state index contributed by atoms with van der Waals surface area (Å²) in [5.41, 5.74) is 0.742. The zero-order valence-corrected chi connectivity index (χ0v) is 17.4. The highest BCUT2D eigenvalue weighted by Gasteiger charge is 2.52. The third-order valence-corrected chi connectivity index (χ3v) is 6.34. The average Bonchev–Trinajstić information content (AvgIpc) is 3.01. The van der Waals surface area contributed by atoms with Gasteiger partial charge in [-0.05, 0) is 56.0 Å². The second kappa shape index (κ2) is 8.63. The number of ether oxygens (including phenoxy) is 1. The van der Waals surface area contributed by atoms with Gasteiger partial charge >= 0.3 is 6.36 Å². The predicted molar refractivity (Wildman–Crippen MR) is 108 cm³/mol. The monoisotopic (exact) mass is 421 g/mol. The number of fused-ring (bicyclic) bond motifs is 1. The zero-order chi connectivity index (χ0) is 21.3. The van der Waals surface area contributed by atoms with Crippen molar-refractivity contribution >= 4 is 0 Å². The van der Waals surface area contributed by atoms with Crippen molar-refractivity contribution in [2.75, 3.05) is 26.2 Å². The second-order valence-electron chi connectivity index (χ2n) is 8.65. The van der Waals surface area contributed by atoms with Gasteiger partial charge in [0.2, 0.25) is 0 Å². The third kappa shape index (κ3) is 5.38. The fourth-order valence-corrected chi connectivity index (χ4v) is 4.61. The number of aryl methyl sites for hydroxylation is 1. The Labute approximate surface area is 175 Å². The Balaban J connectivity index is 1.14. The van der Waals surface area contributed by atoms with Gasteiger partial charge in [0, 0.05) is 19.0 Å². The lowest BCUT2D eigenvalue weighted by Crippen LogP contribution is -2.27. The number of likely N-dealkylation sites (tertiary alicyclic amines) is 1. The van der Waals surface area contributed by atoms with E-state index in [1.807, 2.05) is 13.0 Å². The molecule has 1 aromatic carbocycles. The van der Waals surface area contributed by atoms with Gasteiger partial charge in [0.15, 0.2) is 0 Å². The number of rotatable bonds is 9. The highest BCUT2D eigenvalue weighted by molar-refractivity contribution is 5.30. The summed E-state index contributed by atoms with van der Waals surface area (Å²) < 4.78 is 46.7. The molecular formula is C23H28F3N2O2-. The van der Waals surface area contributed by atoms with Crippen molar-refractivity contribution in [3.63, 3.8) is 0 Å². The van der Waals surface area contributed by atoms with E-state index in [2.05, 4.69) is 27.9 Å². The van der Waals surface area contributed by atoms with E-state index in [9.17, 15) is 13.2 Å². The van der Waals surface area contributed by atoms with Crippen LogP contribution in [0.5, 0.6) is 5.75 Å². The van der Waals surface area contributed by atoms with Crippen LogP contribution in [0.25, 0.3) is 5.32 Å². The standard InChI is InChI=1S/C23H28F3N2O2/c1-15(22-7-6-16(2)29-22)8-9-28-13-20-19(21(20)14-28)12-27-11-17-4-3-5-18(10-17)30-23(24,25)26/h3-7,10,15,19-21H,8-9,11-14H2,1-2H3/q-1. The molecule has 30 heavy (non-hydrogen) atoms. The van der Waals surface area contributed by atoms with Crippen LogP contribution in [0.1, 0.15) is 36.3 Å². The molecule has 4 nitrogen and oxygen atoms in total. The molecular weight excluding hydrogens is 393 g/mol. The van der Waals surface area contributed by atoms with E-state index in [1.165, 1.54) is 12.1 Å². The fraction of sp³-hybridized carbons (Fsp3) is 0.565. The van der Waals surface area contributed by atoms with Crippen molar-refractivity contribution in [2.45, 2.75) is 39.1 Å². The van der Waals surface area contributed by atoms with Crippen LogP contribution in [0, 0.1) is 24.7 Å².